The number of likely N-dealkylation sites (N-methyl/N-ethyl adjacent to an activating group) is 1. The van der Waals surface area contributed by atoms with Crippen LogP contribution in [-0.2, 0) is 4.79 Å². The number of amidine groups is 1. The minimum Gasteiger partial charge on any atom is -0.504 e. The summed E-state index contributed by atoms with van der Waals surface area (Å²) < 4.78 is 5.13. The molecule has 0 bridgehead atoms. The van der Waals surface area contributed by atoms with Gasteiger partial charge in [-0.3, -0.25) is 9.69 Å². The number of amides is 1. The van der Waals surface area contributed by atoms with Crippen LogP contribution in [0.3, 0.4) is 0 Å². The first-order chi connectivity index (χ1) is 12.5. The number of aliphatic imine (C=N–C) groups is 1. The van der Waals surface area contributed by atoms with Crippen LogP contribution in [0.2, 0.25) is 0 Å². The first-order valence-corrected chi connectivity index (χ1v) is 9.08. The van der Waals surface area contributed by atoms with Crippen LogP contribution in [0.5, 0.6) is 11.5 Å². The van der Waals surface area contributed by atoms with Gasteiger partial charge in [-0.15, -0.1) is 0 Å². The van der Waals surface area contributed by atoms with E-state index in [0.717, 1.165) is 11.3 Å². The van der Waals surface area contributed by atoms with Gasteiger partial charge in [-0.05, 0) is 49.4 Å². The van der Waals surface area contributed by atoms with Crippen molar-refractivity contribution in [3.05, 3.63) is 58.5 Å². The fourth-order valence-corrected chi connectivity index (χ4v) is 3.67. The van der Waals surface area contributed by atoms with Crippen molar-refractivity contribution < 1.29 is 14.6 Å². The molecule has 1 N–H and O–H groups in total. The Labute approximate surface area is 157 Å². The maximum absolute atomic E-state index is 12.7. The van der Waals surface area contributed by atoms with E-state index >= 15 is 0 Å². The molecule has 1 heterocycles. The number of nitrogens with zero attached hydrogens (tertiary/aromatic N) is 2. The Morgan fingerprint density at radius 2 is 2.00 bits per heavy atom. The third kappa shape index (κ3) is 3.46. The zero-order valence-electron chi connectivity index (χ0n) is 14.9. The van der Waals surface area contributed by atoms with Gasteiger partial charge in [0.15, 0.2) is 16.7 Å². The molecule has 0 atom stereocenters. The van der Waals surface area contributed by atoms with Gasteiger partial charge in [0.05, 0.1) is 17.7 Å². The van der Waals surface area contributed by atoms with Gasteiger partial charge in [0.2, 0.25) is 0 Å². The Morgan fingerprint density at radius 1 is 1.23 bits per heavy atom. The topological polar surface area (TPSA) is 62.1 Å². The van der Waals surface area contributed by atoms with Gasteiger partial charge in [-0.2, -0.15) is 0 Å². The van der Waals surface area contributed by atoms with E-state index in [2.05, 4.69) is 4.99 Å². The molecule has 1 fully saturated rings. The van der Waals surface area contributed by atoms with Gasteiger partial charge in [0.1, 0.15) is 0 Å². The quantitative estimate of drug-likeness (QED) is 0.816. The lowest BCUT2D eigenvalue weighted by atomic mass is 10.1. The second kappa shape index (κ2) is 7.66. The number of ether oxygens (including phenoxy) is 1. The fourth-order valence-electron chi connectivity index (χ4n) is 2.62. The average molecular weight is 368 g/mol. The van der Waals surface area contributed by atoms with Crippen LogP contribution in [0.4, 0.5) is 5.69 Å². The van der Waals surface area contributed by atoms with Gasteiger partial charge in [0, 0.05) is 12.1 Å². The van der Waals surface area contributed by atoms with Gasteiger partial charge >= 0.3 is 0 Å². The molecule has 0 spiro atoms. The number of aromatic hydroxyl groups is 1. The summed E-state index contributed by atoms with van der Waals surface area (Å²) in [4.78, 5) is 19.6. The molecule has 0 aliphatic carbocycles. The highest BCUT2D eigenvalue weighted by Crippen LogP contribution is 2.37. The van der Waals surface area contributed by atoms with Crippen LogP contribution in [0.25, 0.3) is 6.08 Å². The number of carbonyl (C=O) groups excluding carboxylic acids is 1. The van der Waals surface area contributed by atoms with E-state index in [1.165, 1.54) is 18.9 Å². The molecule has 1 amide bonds. The van der Waals surface area contributed by atoms with Gasteiger partial charge in [-0.1, -0.05) is 30.3 Å². The molecular formula is C20H20N2O3S. The highest BCUT2D eigenvalue weighted by Gasteiger charge is 2.32. The second-order valence-electron chi connectivity index (χ2n) is 5.74. The summed E-state index contributed by atoms with van der Waals surface area (Å²) in [5.74, 6) is 0.270. The summed E-state index contributed by atoms with van der Waals surface area (Å²) in [6, 6.07) is 13.0. The van der Waals surface area contributed by atoms with Crippen molar-refractivity contribution in [2.24, 2.45) is 4.99 Å². The van der Waals surface area contributed by atoms with Crippen LogP contribution in [-0.4, -0.2) is 34.7 Å². The van der Waals surface area contributed by atoms with Crippen molar-refractivity contribution in [1.29, 1.82) is 0 Å². The molecular weight excluding hydrogens is 348 g/mol. The lowest BCUT2D eigenvalue weighted by Gasteiger charge is -2.12. The van der Waals surface area contributed by atoms with Crippen molar-refractivity contribution >= 4 is 34.6 Å². The summed E-state index contributed by atoms with van der Waals surface area (Å²) in [6.07, 6.45) is 1.67. The normalized spacial score (nSPS) is 17.3. The van der Waals surface area contributed by atoms with E-state index in [-0.39, 0.29) is 11.7 Å². The van der Waals surface area contributed by atoms with E-state index in [0.29, 0.717) is 27.9 Å². The predicted molar refractivity (Wildman–Crippen MR) is 106 cm³/mol. The third-order valence-electron chi connectivity index (χ3n) is 4.07. The highest BCUT2D eigenvalue weighted by molar-refractivity contribution is 8.18. The third-order valence-corrected chi connectivity index (χ3v) is 5.08. The Kier molecular flexibility index (Phi) is 5.32. The van der Waals surface area contributed by atoms with Crippen molar-refractivity contribution in [3.8, 4) is 11.5 Å². The number of phenols is 1. The number of aryl methyl sites for hydroxylation is 1. The summed E-state index contributed by atoms with van der Waals surface area (Å²) in [6.45, 7) is 4.43. The van der Waals surface area contributed by atoms with E-state index in [1.54, 1.807) is 29.2 Å². The van der Waals surface area contributed by atoms with Crippen molar-refractivity contribution in [2.45, 2.75) is 13.8 Å². The minimum atomic E-state index is -0.118. The Bertz CT molecular complexity index is 906. The van der Waals surface area contributed by atoms with Crippen LogP contribution in [0.15, 0.2) is 52.4 Å². The number of hydrogen-bond donors (Lipinski definition) is 1. The number of phenolic OH excluding ortho intramolecular Hbond substituents is 1. The van der Waals surface area contributed by atoms with Crippen LogP contribution >= 0.6 is 11.8 Å². The number of thioether (sulfide) groups is 1. The number of carbonyl (C=O) groups is 1. The fraction of sp³-hybridized carbons (Fsp3) is 0.200. The lowest BCUT2D eigenvalue weighted by molar-refractivity contribution is -0.122. The monoisotopic (exact) mass is 368 g/mol. The number of rotatable bonds is 4. The molecule has 3 rings (SSSR count). The number of benzene rings is 2. The van der Waals surface area contributed by atoms with Crippen molar-refractivity contribution in [3.63, 3.8) is 0 Å². The molecule has 0 aromatic heterocycles. The first-order valence-electron chi connectivity index (χ1n) is 8.26. The molecule has 5 nitrogen and oxygen atoms in total. The maximum atomic E-state index is 12.7. The van der Waals surface area contributed by atoms with Gasteiger partial charge in [-0.25, -0.2) is 4.99 Å². The smallest absolute Gasteiger partial charge is 0.266 e. The summed E-state index contributed by atoms with van der Waals surface area (Å²) >= 11 is 1.31. The van der Waals surface area contributed by atoms with E-state index in [9.17, 15) is 9.90 Å². The van der Waals surface area contributed by atoms with E-state index in [1.807, 2.05) is 38.1 Å². The molecule has 0 saturated carbocycles. The van der Waals surface area contributed by atoms with Gasteiger partial charge in [0.25, 0.3) is 5.91 Å². The van der Waals surface area contributed by atoms with Gasteiger partial charge < -0.3 is 9.84 Å². The van der Waals surface area contributed by atoms with Crippen LogP contribution in [0.1, 0.15) is 18.1 Å². The molecule has 6 heteroatoms. The Hall–Kier alpha value is -2.73. The molecule has 2 aromatic carbocycles. The highest BCUT2D eigenvalue weighted by atomic mass is 32.2. The molecule has 1 aliphatic heterocycles. The van der Waals surface area contributed by atoms with E-state index in [4.69, 9.17) is 4.74 Å². The van der Waals surface area contributed by atoms with Crippen LogP contribution in [0, 0.1) is 6.92 Å². The van der Waals surface area contributed by atoms with E-state index < -0.39 is 0 Å². The summed E-state index contributed by atoms with van der Waals surface area (Å²) in [7, 11) is 1.49. The Morgan fingerprint density at radius 3 is 2.69 bits per heavy atom. The predicted octanol–water partition coefficient (Wildman–Crippen LogP) is 4.33. The zero-order chi connectivity index (χ0) is 18.7. The largest absolute Gasteiger partial charge is 0.504 e. The summed E-state index contributed by atoms with van der Waals surface area (Å²) in [5, 5.41) is 10.9. The minimum absolute atomic E-state index is 0.0169. The Balaban J connectivity index is 1.99. The number of methoxy groups -OCH3 is 1. The molecule has 134 valence electrons. The average Bonchev–Trinajstić information content (AvgIpc) is 2.93. The molecule has 1 aliphatic rings. The van der Waals surface area contributed by atoms with Crippen molar-refractivity contribution in [2.75, 3.05) is 13.7 Å². The SMILES string of the molecule is CCN1C(=O)/C(=C\c2cccc(OC)c2O)SC1=Nc1ccccc1C. The standard InChI is InChI=1S/C20H20N2O3S/c1-4-22-19(24)17(12-14-9-7-11-16(25-3)18(14)23)26-20(22)21-15-10-6-5-8-13(15)2/h5-12,23H,4H2,1-3H3/b17-12+,21-20?. The summed E-state index contributed by atoms with van der Waals surface area (Å²) in [5.41, 5.74) is 2.42. The molecule has 0 unspecified atom stereocenters. The lowest BCUT2D eigenvalue weighted by Crippen LogP contribution is -2.28. The first kappa shape index (κ1) is 18.1. The molecule has 2 aromatic rings. The van der Waals surface area contributed by atoms with Crippen LogP contribution < -0.4 is 4.74 Å². The molecule has 0 radical (unpaired) electrons. The maximum Gasteiger partial charge on any atom is 0.266 e. The zero-order valence-corrected chi connectivity index (χ0v) is 15.7. The number of hydrogen-bond acceptors (Lipinski definition) is 5. The van der Waals surface area contributed by atoms with Crippen molar-refractivity contribution in [1.82, 2.24) is 4.90 Å². The second-order valence-corrected chi connectivity index (χ2v) is 6.75. The number of para-hydroxylation sites is 2. The molecule has 26 heavy (non-hydrogen) atoms. The molecule has 1 saturated heterocycles.